The molecular weight excluding hydrogens is 208 g/mol. The van der Waals surface area contributed by atoms with Crippen LogP contribution in [0.4, 0.5) is 0 Å². The molecule has 0 unspecified atom stereocenters. The van der Waals surface area contributed by atoms with Gasteiger partial charge in [0.2, 0.25) is 0 Å². The Balaban J connectivity index is 0. The van der Waals surface area contributed by atoms with Crippen molar-refractivity contribution in [1.29, 1.82) is 0 Å². The summed E-state index contributed by atoms with van der Waals surface area (Å²) in [6, 6.07) is 0. The molecule has 0 radical (unpaired) electrons. The molecule has 0 aromatic rings. The molecule has 0 rings (SSSR count). The molecule has 0 aliphatic carbocycles. The van der Waals surface area contributed by atoms with Gasteiger partial charge < -0.3 is 20.1 Å². The third-order valence-corrected chi connectivity index (χ3v) is 2.05. The minimum Gasteiger partial charge on any atom is -0.396 e. The van der Waals surface area contributed by atoms with Gasteiger partial charge in [-0.1, -0.05) is 26.2 Å². The summed E-state index contributed by atoms with van der Waals surface area (Å²) in [6.07, 6.45) is 6.85. The number of aliphatic hydroxyl groups is 3. The van der Waals surface area contributed by atoms with Crippen LogP contribution in [-0.4, -0.2) is 34.5 Å². The molecule has 0 heterocycles. The first-order chi connectivity index (χ1) is 7.68. The third kappa shape index (κ3) is 23.4. The fourth-order valence-electron chi connectivity index (χ4n) is 1.09. The lowest BCUT2D eigenvalue weighted by atomic mass is 10.2. The zero-order valence-electron chi connectivity index (χ0n) is 10.3. The van der Waals surface area contributed by atoms with Crippen LogP contribution in [0.1, 0.15) is 58.3 Å². The van der Waals surface area contributed by atoms with Gasteiger partial charge in [0.15, 0.2) is 6.29 Å². The second kappa shape index (κ2) is 17.0. The molecule has 0 aliphatic rings. The summed E-state index contributed by atoms with van der Waals surface area (Å²) in [5.41, 5.74) is 0. The van der Waals surface area contributed by atoms with E-state index in [0.29, 0.717) is 12.8 Å². The summed E-state index contributed by atoms with van der Waals surface area (Å²) >= 11 is 0. The molecule has 4 nitrogen and oxygen atoms in total. The minimum absolute atomic E-state index is 0.249. The van der Waals surface area contributed by atoms with Crippen molar-refractivity contribution in [1.82, 2.24) is 0 Å². The number of hydrogen-bond acceptors (Lipinski definition) is 4. The minimum atomic E-state index is -1.10. The Morgan fingerprint density at radius 3 is 2.19 bits per heavy atom. The van der Waals surface area contributed by atoms with Crippen LogP contribution in [0.25, 0.3) is 0 Å². The van der Waals surface area contributed by atoms with E-state index < -0.39 is 6.29 Å². The van der Waals surface area contributed by atoms with Crippen molar-refractivity contribution in [3.8, 4) is 0 Å². The fourth-order valence-corrected chi connectivity index (χ4v) is 1.09. The zero-order valence-corrected chi connectivity index (χ0v) is 10.3. The van der Waals surface area contributed by atoms with Gasteiger partial charge in [-0.3, -0.25) is 0 Å². The van der Waals surface area contributed by atoms with E-state index in [2.05, 4.69) is 6.92 Å². The van der Waals surface area contributed by atoms with Gasteiger partial charge in [-0.15, -0.1) is 0 Å². The highest BCUT2D eigenvalue weighted by molar-refractivity contribution is 5.48. The van der Waals surface area contributed by atoms with E-state index in [-0.39, 0.29) is 6.61 Å². The van der Waals surface area contributed by atoms with E-state index >= 15 is 0 Å². The maximum absolute atomic E-state index is 9.71. The number of carbonyl (C=O) groups excluding carboxylic acids is 1. The van der Waals surface area contributed by atoms with Crippen molar-refractivity contribution < 1.29 is 20.1 Å². The predicted octanol–water partition coefficient (Wildman–Crippen LogP) is 1.62. The molecule has 0 aromatic carbocycles. The average Bonchev–Trinajstić information content (AvgIpc) is 2.25. The van der Waals surface area contributed by atoms with Crippen molar-refractivity contribution in [2.75, 3.05) is 6.61 Å². The van der Waals surface area contributed by atoms with Gasteiger partial charge >= 0.3 is 0 Å². The van der Waals surface area contributed by atoms with E-state index in [4.69, 9.17) is 15.3 Å². The summed E-state index contributed by atoms with van der Waals surface area (Å²) in [4.78, 5) is 9.71. The summed E-state index contributed by atoms with van der Waals surface area (Å²) in [5.74, 6) is 0. The Labute approximate surface area is 98.3 Å². The fraction of sp³-hybridized carbons (Fsp3) is 0.917. The molecule has 98 valence electrons. The molecule has 16 heavy (non-hydrogen) atoms. The first-order valence-corrected chi connectivity index (χ1v) is 6.09. The van der Waals surface area contributed by atoms with Crippen molar-refractivity contribution in [2.45, 2.75) is 64.6 Å². The molecule has 0 saturated carbocycles. The molecule has 0 aliphatic heterocycles. The Morgan fingerprint density at radius 2 is 1.75 bits per heavy atom. The van der Waals surface area contributed by atoms with Gasteiger partial charge in [-0.25, -0.2) is 0 Å². The maximum atomic E-state index is 9.71. The monoisotopic (exact) mass is 234 g/mol. The molecule has 0 atom stereocenters. The number of rotatable bonds is 9. The quantitative estimate of drug-likeness (QED) is 0.322. The van der Waals surface area contributed by atoms with Gasteiger partial charge in [0.1, 0.15) is 6.29 Å². The lowest BCUT2D eigenvalue weighted by Gasteiger charge is -1.99. The predicted molar refractivity (Wildman–Crippen MR) is 64.0 cm³/mol. The Bertz CT molecular complexity index is 126. The van der Waals surface area contributed by atoms with E-state index in [1.54, 1.807) is 0 Å². The van der Waals surface area contributed by atoms with Crippen LogP contribution in [0.2, 0.25) is 0 Å². The van der Waals surface area contributed by atoms with Crippen LogP contribution in [0.5, 0.6) is 0 Å². The van der Waals surface area contributed by atoms with Crippen LogP contribution < -0.4 is 0 Å². The molecule has 3 N–H and O–H groups in total. The largest absolute Gasteiger partial charge is 0.396 e. The summed E-state index contributed by atoms with van der Waals surface area (Å²) in [5, 5.41) is 24.9. The van der Waals surface area contributed by atoms with Gasteiger partial charge in [0, 0.05) is 13.0 Å². The van der Waals surface area contributed by atoms with E-state index in [1.165, 1.54) is 0 Å². The summed E-state index contributed by atoms with van der Waals surface area (Å²) in [7, 11) is 0. The third-order valence-electron chi connectivity index (χ3n) is 2.05. The zero-order chi connectivity index (χ0) is 12.6. The van der Waals surface area contributed by atoms with Crippen molar-refractivity contribution >= 4 is 6.29 Å². The highest BCUT2D eigenvalue weighted by Gasteiger charge is 1.93. The highest BCUT2D eigenvalue weighted by atomic mass is 16.5. The molecule has 4 heteroatoms. The number of hydrogen-bond donors (Lipinski definition) is 3. The maximum Gasteiger partial charge on any atom is 0.151 e. The number of unbranched alkanes of at least 4 members (excludes halogenated alkanes) is 5. The lowest BCUT2D eigenvalue weighted by molar-refractivity contribution is -0.107. The number of aliphatic hydroxyl groups excluding tert-OH is 2. The molecular formula is C12H26O4. The Morgan fingerprint density at radius 1 is 1.06 bits per heavy atom. The lowest BCUT2D eigenvalue weighted by Crippen LogP contribution is -2.02. The summed E-state index contributed by atoms with van der Waals surface area (Å²) < 4.78 is 0. The van der Waals surface area contributed by atoms with Gasteiger partial charge in [-0.2, -0.15) is 0 Å². The molecule has 0 aromatic heterocycles. The van der Waals surface area contributed by atoms with E-state index in [1.807, 2.05) is 0 Å². The molecule has 0 bridgehead atoms. The van der Waals surface area contributed by atoms with Crippen LogP contribution >= 0.6 is 0 Å². The van der Waals surface area contributed by atoms with E-state index in [0.717, 1.165) is 44.8 Å². The average molecular weight is 234 g/mol. The van der Waals surface area contributed by atoms with E-state index in [9.17, 15) is 4.79 Å². The normalized spacial score (nSPS) is 9.81. The van der Waals surface area contributed by atoms with Crippen LogP contribution in [-0.2, 0) is 4.79 Å². The molecule has 0 saturated heterocycles. The first-order valence-electron chi connectivity index (χ1n) is 6.09. The number of aldehydes is 1. The Kier molecular flexibility index (Phi) is 19.0. The van der Waals surface area contributed by atoms with Crippen molar-refractivity contribution in [2.24, 2.45) is 0 Å². The van der Waals surface area contributed by atoms with Crippen LogP contribution in [0.15, 0.2) is 0 Å². The van der Waals surface area contributed by atoms with Crippen molar-refractivity contribution in [3.05, 3.63) is 0 Å². The highest BCUT2D eigenvalue weighted by Crippen LogP contribution is 2.00. The first kappa shape index (κ1) is 17.9. The second-order valence-electron chi connectivity index (χ2n) is 3.72. The SMILES string of the molecule is CCCCCC(O)O.O=CCCCCCO. The number of carbonyl (C=O) groups is 1. The molecule has 0 amide bonds. The van der Waals surface area contributed by atoms with Gasteiger partial charge in [0.25, 0.3) is 0 Å². The smallest absolute Gasteiger partial charge is 0.151 e. The molecule has 0 spiro atoms. The second-order valence-corrected chi connectivity index (χ2v) is 3.72. The van der Waals surface area contributed by atoms with Crippen molar-refractivity contribution in [3.63, 3.8) is 0 Å². The van der Waals surface area contributed by atoms with Crippen LogP contribution in [0, 0.1) is 0 Å². The molecule has 0 fully saturated rings. The Hall–Kier alpha value is -0.450. The summed E-state index contributed by atoms with van der Waals surface area (Å²) in [6.45, 7) is 2.34. The van der Waals surface area contributed by atoms with Gasteiger partial charge in [-0.05, 0) is 25.7 Å². The van der Waals surface area contributed by atoms with Crippen LogP contribution in [0.3, 0.4) is 0 Å². The van der Waals surface area contributed by atoms with Gasteiger partial charge in [0.05, 0.1) is 0 Å². The topological polar surface area (TPSA) is 77.8 Å². The standard InChI is InChI=1S/C6H14O2.C6H12O2/c1-2-3-4-5-6(7)8;7-5-3-1-2-4-6-8/h6-8H,2-5H2,1H3;5,8H,1-4,6H2.